The van der Waals surface area contributed by atoms with Crippen LogP contribution in [-0.2, 0) is 0 Å². The highest BCUT2D eigenvalue weighted by atomic mass is 16.2. The van der Waals surface area contributed by atoms with Crippen LogP contribution in [0, 0.1) is 0 Å². The van der Waals surface area contributed by atoms with Crippen molar-refractivity contribution in [2.75, 3.05) is 23.7 Å². The van der Waals surface area contributed by atoms with E-state index in [1.54, 1.807) is 0 Å². The first-order valence-corrected chi connectivity index (χ1v) is 15.7. The minimum atomic E-state index is 0.0605. The van der Waals surface area contributed by atoms with Crippen LogP contribution >= 0.6 is 0 Å². The number of carbonyl (C=O) groups excluding carboxylic acids is 1. The molecule has 1 saturated heterocycles. The molecule has 2 atom stereocenters. The van der Waals surface area contributed by atoms with Gasteiger partial charge in [0.15, 0.2) is 17.0 Å². The Balaban J connectivity index is 1.01. The van der Waals surface area contributed by atoms with Gasteiger partial charge in [0, 0.05) is 49.2 Å². The number of urea groups is 1. The van der Waals surface area contributed by atoms with Crippen LogP contribution in [0.15, 0.2) is 36.7 Å². The first-order chi connectivity index (χ1) is 20.1. The molecular weight excluding hydrogens is 514 g/mol. The SMILES string of the molecule is NC1CCC(Nc2nc(NC3CCN(C(=O)NC4CC4c4ccccc4)CC3)c3ncn(C4CCCC4)c3n2)CC1. The van der Waals surface area contributed by atoms with Gasteiger partial charge in [0.25, 0.3) is 0 Å². The van der Waals surface area contributed by atoms with Crippen molar-refractivity contribution in [1.82, 2.24) is 29.7 Å². The number of nitrogens with two attached hydrogens (primary N) is 1. The summed E-state index contributed by atoms with van der Waals surface area (Å²) >= 11 is 0. The van der Waals surface area contributed by atoms with Crippen LogP contribution < -0.4 is 21.7 Å². The second kappa shape index (κ2) is 11.5. The third-order valence-electron chi connectivity index (χ3n) is 9.69. The molecule has 0 bridgehead atoms. The number of benzene rings is 1. The van der Waals surface area contributed by atoms with Crippen LogP contribution in [0.1, 0.15) is 88.2 Å². The van der Waals surface area contributed by atoms with Gasteiger partial charge in [-0.1, -0.05) is 43.2 Å². The molecule has 5 N–H and O–H groups in total. The summed E-state index contributed by atoms with van der Waals surface area (Å²) in [4.78, 5) is 29.7. The Bertz CT molecular complexity index is 1340. The molecule has 3 saturated carbocycles. The molecular formula is C31H43N9O. The molecule has 7 rings (SSSR count). The number of nitrogens with zero attached hydrogens (tertiary/aromatic N) is 5. The summed E-state index contributed by atoms with van der Waals surface area (Å²) in [5, 5.41) is 10.6. The molecule has 1 aromatic carbocycles. The molecule has 0 spiro atoms. The van der Waals surface area contributed by atoms with Crippen LogP contribution in [0.25, 0.3) is 11.2 Å². The number of piperidine rings is 1. The zero-order chi connectivity index (χ0) is 27.8. The minimum absolute atomic E-state index is 0.0605. The molecule has 10 heteroatoms. The molecule has 1 aliphatic heterocycles. The van der Waals surface area contributed by atoms with Gasteiger partial charge in [-0.2, -0.15) is 9.97 Å². The normalized spacial score (nSPS) is 27.2. The third kappa shape index (κ3) is 5.84. The lowest BCUT2D eigenvalue weighted by Gasteiger charge is -2.33. The predicted molar refractivity (Wildman–Crippen MR) is 161 cm³/mol. The lowest BCUT2D eigenvalue weighted by molar-refractivity contribution is 0.183. The van der Waals surface area contributed by atoms with E-state index in [1.165, 1.54) is 31.2 Å². The van der Waals surface area contributed by atoms with E-state index >= 15 is 0 Å². The Labute approximate surface area is 241 Å². The highest BCUT2D eigenvalue weighted by molar-refractivity contribution is 5.84. The molecule has 2 amide bonds. The molecule has 218 valence electrons. The van der Waals surface area contributed by atoms with Crippen molar-refractivity contribution >= 4 is 29.0 Å². The molecule has 3 aromatic rings. The van der Waals surface area contributed by atoms with Gasteiger partial charge in [-0.05, 0) is 63.4 Å². The van der Waals surface area contributed by atoms with E-state index in [4.69, 9.17) is 20.7 Å². The van der Waals surface area contributed by atoms with Crippen LogP contribution in [0.5, 0.6) is 0 Å². The van der Waals surface area contributed by atoms with Gasteiger partial charge in [0.05, 0.1) is 6.33 Å². The summed E-state index contributed by atoms with van der Waals surface area (Å²) < 4.78 is 2.27. The van der Waals surface area contributed by atoms with Gasteiger partial charge < -0.3 is 31.2 Å². The number of anilines is 2. The zero-order valence-electron chi connectivity index (χ0n) is 23.8. The van der Waals surface area contributed by atoms with E-state index in [9.17, 15) is 4.79 Å². The van der Waals surface area contributed by atoms with E-state index in [0.29, 0.717) is 30.0 Å². The smallest absolute Gasteiger partial charge is 0.317 e. The number of amides is 2. The topological polar surface area (TPSA) is 126 Å². The number of hydrogen-bond donors (Lipinski definition) is 4. The second-order valence-corrected chi connectivity index (χ2v) is 12.6. The predicted octanol–water partition coefficient (Wildman–Crippen LogP) is 4.77. The van der Waals surface area contributed by atoms with Crippen molar-refractivity contribution in [3.63, 3.8) is 0 Å². The maximum absolute atomic E-state index is 13.0. The van der Waals surface area contributed by atoms with Crippen molar-refractivity contribution in [3.8, 4) is 0 Å². The molecule has 3 aliphatic carbocycles. The third-order valence-corrected chi connectivity index (χ3v) is 9.69. The lowest BCUT2D eigenvalue weighted by atomic mass is 9.92. The van der Waals surface area contributed by atoms with Crippen molar-refractivity contribution in [1.29, 1.82) is 0 Å². The summed E-state index contributed by atoms with van der Waals surface area (Å²) in [6, 6.07) is 12.1. The fraction of sp³-hybridized carbons (Fsp3) is 0.613. The Hall–Kier alpha value is -3.40. The second-order valence-electron chi connectivity index (χ2n) is 12.6. The van der Waals surface area contributed by atoms with Crippen molar-refractivity contribution in [2.24, 2.45) is 5.73 Å². The number of fused-ring (bicyclic) bond motifs is 1. The molecule has 2 unspecified atom stereocenters. The van der Waals surface area contributed by atoms with Crippen LogP contribution in [0.4, 0.5) is 16.6 Å². The van der Waals surface area contributed by atoms with Gasteiger partial charge in [-0.25, -0.2) is 9.78 Å². The molecule has 0 radical (unpaired) electrons. The monoisotopic (exact) mass is 557 g/mol. The summed E-state index contributed by atoms with van der Waals surface area (Å²) in [6.45, 7) is 1.45. The number of carbonyl (C=O) groups is 1. The number of rotatable bonds is 7. The summed E-state index contributed by atoms with van der Waals surface area (Å²) in [5.74, 6) is 1.92. The highest BCUT2D eigenvalue weighted by Crippen LogP contribution is 2.41. The quantitative estimate of drug-likeness (QED) is 0.330. The first kappa shape index (κ1) is 26.5. The van der Waals surface area contributed by atoms with Crippen molar-refractivity contribution < 1.29 is 4.79 Å². The van der Waals surface area contributed by atoms with Crippen LogP contribution in [0.3, 0.4) is 0 Å². The summed E-state index contributed by atoms with van der Waals surface area (Å²) in [5.41, 5.74) is 9.22. The van der Waals surface area contributed by atoms with E-state index < -0.39 is 0 Å². The lowest BCUT2D eigenvalue weighted by Crippen LogP contribution is -2.47. The van der Waals surface area contributed by atoms with E-state index in [1.807, 2.05) is 17.3 Å². The zero-order valence-corrected chi connectivity index (χ0v) is 23.8. The number of aromatic nitrogens is 4. The summed E-state index contributed by atoms with van der Waals surface area (Å²) in [6.07, 6.45) is 13.7. The van der Waals surface area contributed by atoms with Gasteiger partial charge in [0.1, 0.15) is 0 Å². The van der Waals surface area contributed by atoms with Gasteiger partial charge in [-0.15, -0.1) is 0 Å². The average molecular weight is 558 g/mol. The van der Waals surface area contributed by atoms with Gasteiger partial charge >= 0.3 is 6.03 Å². The van der Waals surface area contributed by atoms with Crippen molar-refractivity contribution in [2.45, 2.75) is 107 Å². The standard InChI is InChI=1S/C31H43N9O/c32-21-10-12-22(13-11-21)35-30-37-28(27-29(38-30)40(19-33-27)24-8-4-5-9-24)34-23-14-16-39(17-15-23)31(41)36-26-18-25(26)20-6-2-1-3-7-20/h1-3,6-7,19,21-26H,4-5,8-18,32H2,(H,36,41)(H2,34,35,37,38). The Morgan fingerprint density at radius 2 is 1.61 bits per heavy atom. The largest absolute Gasteiger partial charge is 0.365 e. The van der Waals surface area contributed by atoms with E-state index in [0.717, 1.165) is 75.0 Å². The molecule has 3 heterocycles. The van der Waals surface area contributed by atoms with Gasteiger partial charge in [0.2, 0.25) is 5.95 Å². The Kier molecular flexibility index (Phi) is 7.41. The fourth-order valence-corrected chi connectivity index (χ4v) is 7.07. The Morgan fingerprint density at radius 1 is 0.878 bits per heavy atom. The van der Waals surface area contributed by atoms with Gasteiger partial charge in [-0.3, -0.25) is 0 Å². The summed E-state index contributed by atoms with van der Waals surface area (Å²) in [7, 11) is 0. The number of imidazole rings is 1. The molecule has 10 nitrogen and oxygen atoms in total. The number of nitrogens with one attached hydrogen (secondary N) is 3. The fourth-order valence-electron chi connectivity index (χ4n) is 7.07. The van der Waals surface area contributed by atoms with Crippen LogP contribution in [0.2, 0.25) is 0 Å². The Morgan fingerprint density at radius 3 is 2.37 bits per heavy atom. The van der Waals surface area contributed by atoms with E-state index in [-0.39, 0.29) is 18.1 Å². The number of likely N-dealkylation sites (tertiary alicyclic amines) is 1. The van der Waals surface area contributed by atoms with Crippen molar-refractivity contribution in [3.05, 3.63) is 42.2 Å². The van der Waals surface area contributed by atoms with E-state index in [2.05, 4.69) is 44.8 Å². The van der Waals surface area contributed by atoms with Crippen LogP contribution in [-0.4, -0.2) is 67.7 Å². The maximum Gasteiger partial charge on any atom is 0.317 e. The molecule has 41 heavy (non-hydrogen) atoms. The number of hydrogen-bond acceptors (Lipinski definition) is 7. The molecule has 4 fully saturated rings. The molecule has 4 aliphatic rings. The molecule has 2 aromatic heterocycles. The minimum Gasteiger partial charge on any atom is -0.365 e. The highest BCUT2D eigenvalue weighted by Gasteiger charge is 2.40. The average Bonchev–Trinajstić information content (AvgIpc) is 3.34. The first-order valence-electron chi connectivity index (χ1n) is 15.7. The maximum atomic E-state index is 13.0.